The Hall–Kier alpha value is -0.341. The van der Waals surface area contributed by atoms with Crippen LogP contribution in [-0.4, -0.2) is 171 Å². The van der Waals surface area contributed by atoms with Gasteiger partial charge in [0.1, 0.15) is 61.0 Å². The topological polar surface area (TPSA) is 226 Å². The van der Waals surface area contributed by atoms with Gasteiger partial charge in [0.05, 0.1) is 18.8 Å². The molecule has 4 aliphatic carbocycles. The molecule has 5 aliphatic heterocycles. The van der Waals surface area contributed by atoms with Crippen molar-refractivity contribution in [1.82, 2.24) is 0 Å². The minimum absolute atomic E-state index is 0.0107. The van der Waals surface area contributed by atoms with Gasteiger partial charge in [0.2, 0.25) is 0 Å². The van der Waals surface area contributed by atoms with Crippen molar-refractivity contribution in [3.05, 3.63) is 11.6 Å². The molecule has 1 spiro atoms. The number of fused-ring (bicyclic) bond motifs is 7. The van der Waals surface area contributed by atoms with Crippen molar-refractivity contribution in [2.75, 3.05) is 6.61 Å². The summed E-state index contributed by atoms with van der Waals surface area (Å²) in [5.74, 6) is 3.86. The summed E-state index contributed by atoms with van der Waals surface area (Å²) in [6.07, 6.45) is -9.39. The molecule has 5 heterocycles. The molecule has 9 aliphatic rings. The Labute approximate surface area is 365 Å². The molecule has 61 heavy (non-hydrogen) atoms. The second-order valence-electron chi connectivity index (χ2n) is 21.1. The third-order valence-electron chi connectivity index (χ3n) is 17.6. The molecule has 8 fully saturated rings. The molecular weight excluding hydrogens is 859 g/mol. The van der Waals surface area contributed by atoms with Crippen molar-refractivity contribution in [3.63, 3.8) is 0 Å². The van der Waals surface area contributed by atoms with E-state index in [1.165, 1.54) is 56.8 Å². The third kappa shape index (κ3) is 7.59. The Morgan fingerprint density at radius 2 is 1.36 bits per heavy atom. The second kappa shape index (κ2) is 17.1. The molecule has 0 amide bonds. The standard InChI is InChI=1S/C45H72O15Se/c1-19-9-14-45(61-18-19)20(2)30-28(60-45)16-27-25-8-7-23-15-24(10-12-43(23,5)26(25)11-13-44(27,30)6)56-42-39(59-41-36(52)34(50)32(48)22(4)55-41)37(53)38(29(17-46)57-42)58-40-35(51)33(49)31(47)21(3)54-40/h7,19-22,24-42,46-53H,8-18H2,1-6H3/t19-,20+,21+,22+,24+,25-,26+,27+,28+,29-,30+,31+,32+,33-,34-,35-,36-,37+,38-,39-,40+,41+,42-,43+,44+,45+/m1/s1. The van der Waals surface area contributed by atoms with Gasteiger partial charge in [-0.05, 0) is 13.8 Å². The molecule has 16 heteroatoms. The number of hydrogen-bond donors (Lipinski definition) is 8. The number of aliphatic hydroxyl groups is 8. The molecule has 0 bridgehead atoms. The normalized spacial score (nSPS) is 58.4. The summed E-state index contributed by atoms with van der Waals surface area (Å²) < 4.78 is 44.0. The Kier molecular flexibility index (Phi) is 12.8. The molecule has 0 aromatic heterocycles. The van der Waals surface area contributed by atoms with Crippen LogP contribution in [0.3, 0.4) is 0 Å². The van der Waals surface area contributed by atoms with E-state index in [0.717, 1.165) is 18.8 Å². The zero-order valence-electron chi connectivity index (χ0n) is 36.5. The van der Waals surface area contributed by atoms with Gasteiger partial charge < -0.3 is 64.5 Å². The number of allylic oxidation sites excluding steroid dienone is 1. The fourth-order valence-electron chi connectivity index (χ4n) is 14.0. The Morgan fingerprint density at radius 1 is 0.705 bits per heavy atom. The molecule has 0 radical (unpaired) electrons. The summed E-state index contributed by atoms with van der Waals surface area (Å²) in [6, 6.07) is 0. The molecular formula is C45H72O15Se. The summed E-state index contributed by atoms with van der Waals surface area (Å²) in [7, 11) is 0. The van der Waals surface area contributed by atoms with E-state index in [4.69, 9.17) is 33.2 Å². The van der Waals surface area contributed by atoms with E-state index < -0.39 is 98.7 Å². The zero-order valence-corrected chi connectivity index (χ0v) is 38.2. The predicted molar refractivity (Wildman–Crippen MR) is 217 cm³/mol. The first-order valence-corrected chi connectivity index (χ1v) is 25.3. The SMILES string of the molecule is C[C@@H]1CC[C@]2(O[C@H]3C[C@H]4[C@@H]5CC=C6C[C@@H](O[C@@H]7O[C@H](CO)[C@@H](O[C@@H]8O[C@@H](C)[C@H](O)[C@@H](O)[C@H]8O)[C@H](O)[C@H]7O[C@@H]7O[C@@H](C)[C@H](O)[C@@H](O)[C@H]7O)CC[C@]6(C)[C@H]5CC[C@]4(C)[C@H]3[C@@H]2C)[Se]C1. The average Bonchev–Trinajstić information content (AvgIpc) is 3.69. The van der Waals surface area contributed by atoms with Gasteiger partial charge in [0.15, 0.2) is 18.9 Å². The average molecular weight is 932 g/mol. The minimum atomic E-state index is -1.70. The Bertz CT molecular complexity index is 1600. The van der Waals surface area contributed by atoms with Gasteiger partial charge in [0, 0.05) is 0 Å². The van der Waals surface area contributed by atoms with Crippen molar-refractivity contribution >= 4 is 15.0 Å². The van der Waals surface area contributed by atoms with Crippen LogP contribution >= 0.6 is 0 Å². The van der Waals surface area contributed by atoms with Crippen LogP contribution in [0, 0.1) is 46.3 Å². The van der Waals surface area contributed by atoms with Crippen LogP contribution in [-0.2, 0) is 33.2 Å². The molecule has 0 unspecified atom stereocenters. The summed E-state index contributed by atoms with van der Waals surface area (Å²) >= 11 is 0.535. The van der Waals surface area contributed by atoms with Gasteiger partial charge in [-0.3, -0.25) is 0 Å². The van der Waals surface area contributed by atoms with E-state index in [-0.39, 0.29) is 21.4 Å². The molecule has 0 aromatic carbocycles. The monoisotopic (exact) mass is 932 g/mol. The quantitative estimate of drug-likeness (QED) is 0.133. The van der Waals surface area contributed by atoms with Crippen molar-refractivity contribution in [3.8, 4) is 0 Å². The second-order valence-corrected chi connectivity index (χ2v) is 23.8. The first-order valence-electron chi connectivity index (χ1n) is 23.2. The van der Waals surface area contributed by atoms with Crippen molar-refractivity contribution in [2.24, 2.45) is 46.3 Å². The third-order valence-corrected chi connectivity index (χ3v) is 21.6. The fraction of sp³-hybridized carbons (Fsp3) is 0.956. The van der Waals surface area contributed by atoms with Gasteiger partial charge in [-0.25, -0.2) is 0 Å². The van der Waals surface area contributed by atoms with Crippen LogP contribution < -0.4 is 0 Å². The van der Waals surface area contributed by atoms with Crippen LogP contribution in [0.15, 0.2) is 11.6 Å². The summed E-state index contributed by atoms with van der Waals surface area (Å²) in [5, 5.41) is 87.3. The first-order chi connectivity index (χ1) is 28.9. The predicted octanol–water partition coefficient (Wildman–Crippen LogP) is 1.35. The van der Waals surface area contributed by atoms with E-state index >= 15 is 0 Å². The summed E-state index contributed by atoms with van der Waals surface area (Å²) in [5.41, 5.74) is 1.67. The first kappa shape index (κ1) is 45.8. The number of hydrogen-bond acceptors (Lipinski definition) is 15. The van der Waals surface area contributed by atoms with E-state index in [1.54, 1.807) is 0 Å². The zero-order chi connectivity index (χ0) is 43.5. The molecule has 8 N–H and O–H groups in total. The number of ether oxygens (including phenoxy) is 7. The van der Waals surface area contributed by atoms with Crippen LogP contribution in [0.25, 0.3) is 0 Å². The van der Waals surface area contributed by atoms with E-state index in [0.29, 0.717) is 63.5 Å². The molecule has 0 aromatic rings. The van der Waals surface area contributed by atoms with Crippen molar-refractivity contribution in [2.45, 2.75) is 213 Å². The molecule has 15 nitrogen and oxygen atoms in total. The van der Waals surface area contributed by atoms with Gasteiger partial charge >= 0.3 is 190 Å². The summed E-state index contributed by atoms with van der Waals surface area (Å²) in [4.78, 5) is 0. The molecule has 3 saturated carbocycles. The maximum atomic E-state index is 12.0. The van der Waals surface area contributed by atoms with Crippen LogP contribution in [0.1, 0.15) is 99.3 Å². The summed E-state index contributed by atoms with van der Waals surface area (Å²) in [6.45, 7) is 12.4. The Morgan fingerprint density at radius 3 is 1.98 bits per heavy atom. The van der Waals surface area contributed by atoms with Gasteiger partial charge in [-0.1, -0.05) is 0 Å². The van der Waals surface area contributed by atoms with Crippen molar-refractivity contribution in [1.29, 1.82) is 0 Å². The number of aliphatic hydroxyl groups excluding tert-OH is 8. The van der Waals surface area contributed by atoms with Gasteiger partial charge in [-0.15, -0.1) is 0 Å². The van der Waals surface area contributed by atoms with E-state index in [2.05, 4.69) is 33.8 Å². The molecule has 5 saturated heterocycles. The van der Waals surface area contributed by atoms with Crippen LogP contribution in [0.2, 0.25) is 5.32 Å². The number of rotatable bonds is 7. The van der Waals surface area contributed by atoms with Crippen LogP contribution in [0.5, 0.6) is 0 Å². The van der Waals surface area contributed by atoms with E-state index in [1.807, 2.05) is 0 Å². The molecule has 348 valence electrons. The van der Waals surface area contributed by atoms with Gasteiger partial charge in [-0.2, -0.15) is 0 Å². The van der Waals surface area contributed by atoms with Gasteiger partial charge in [0.25, 0.3) is 0 Å². The van der Waals surface area contributed by atoms with E-state index in [9.17, 15) is 40.9 Å². The fourth-order valence-corrected chi connectivity index (χ4v) is 17.3. The molecule has 26 atom stereocenters. The molecule has 9 rings (SSSR count). The van der Waals surface area contributed by atoms with Crippen LogP contribution in [0.4, 0.5) is 0 Å². The Balaban J connectivity index is 0.916. The maximum absolute atomic E-state index is 12.0. The van der Waals surface area contributed by atoms with Crippen molar-refractivity contribution < 1.29 is 74.0 Å².